The summed E-state index contributed by atoms with van der Waals surface area (Å²) in [6.45, 7) is 3.91. The first-order valence-corrected chi connectivity index (χ1v) is 10.7. The van der Waals surface area contributed by atoms with Crippen molar-refractivity contribution in [3.05, 3.63) is 51.2 Å². The molecule has 0 spiro atoms. The summed E-state index contributed by atoms with van der Waals surface area (Å²) < 4.78 is 1.80. The SMILES string of the molecule is Cc1cc(C)n(-c2ccc(Cl)c(C(=O)Nc3nnc(C4CCCCC4)s3)c2)n1. The zero-order chi connectivity index (χ0) is 19.7. The van der Waals surface area contributed by atoms with Gasteiger partial charge in [-0.05, 0) is 51.0 Å². The van der Waals surface area contributed by atoms with Crippen molar-refractivity contribution in [2.75, 3.05) is 5.32 Å². The van der Waals surface area contributed by atoms with Crippen LogP contribution in [-0.4, -0.2) is 25.9 Å². The van der Waals surface area contributed by atoms with Crippen molar-refractivity contribution < 1.29 is 4.79 Å². The Morgan fingerprint density at radius 3 is 2.68 bits per heavy atom. The second-order valence-electron chi connectivity index (χ2n) is 7.24. The lowest BCUT2D eigenvalue weighted by Gasteiger charge is -2.18. The monoisotopic (exact) mass is 415 g/mol. The van der Waals surface area contributed by atoms with E-state index in [1.165, 1.54) is 30.6 Å². The number of nitrogens with zero attached hydrogens (tertiary/aromatic N) is 4. The number of hydrogen-bond acceptors (Lipinski definition) is 5. The number of benzene rings is 1. The Balaban J connectivity index is 1.54. The lowest BCUT2D eigenvalue weighted by Crippen LogP contribution is -2.13. The van der Waals surface area contributed by atoms with Crippen LogP contribution in [0.2, 0.25) is 5.02 Å². The number of amides is 1. The van der Waals surface area contributed by atoms with Gasteiger partial charge in [-0.2, -0.15) is 5.10 Å². The fourth-order valence-corrected chi connectivity index (χ4v) is 4.78. The lowest BCUT2D eigenvalue weighted by atomic mass is 9.90. The molecule has 0 unspecified atom stereocenters. The number of aryl methyl sites for hydroxylation is 2. The Hall–Kier alpha value is -2.25. The molecule has 0 atom stereocenters. The van der Waals surface area contributed by atoms with Crippen LogP contribution in [0.5, 0.6) is 0 Å². The van der Waals surface area contributed by atoms with Gasteiger partial charge >= 0.3 is 0 Å². The second kappa shape index (κ2) is 8.01. The molecular weight excluding hydrogens is 394 g/mol. The van der Waals surface area contributed by atoms with Crippen molar-refractivity contribution in [3.8, 4) is 5.69 Å². The van der Waals surface area contributed by atoms with Gasteiger partial charge in [-0.3, -0.25) is 10.1 Å². The third-order valence-corrected chi connectivity index (χ3v) is 6.40. The first-order chi connectivity index (χ1) is 13.5. The van der Waals surface area contributed by atoms with Crippen LogP contribution in [0, 0.1) is 13.8 Å². The van der Waals surface area contributed by atoms with E-state index >= 15 is 0 Å². The number of rotatable bonds is 4. The van der Waals surface area contributed by atoms with E-state index in [4.69, 9.17) is 11.6 Å². The normalized spacial score (nSPS) is 15.0. The number of hydrogen-bond donors (Lipinski definition) is 1. The van der Waals surface area contributed by atoms with Gasteiger partial charge in [-0.25, -0.2) is 4.68 Å². The van der Waals surface area contributed by atoms with Crippen molar-refractivity contribution in [1.82, 2.24) is 20.0 Å². The van der Waals surface area contributed by atoms with Gasteiger partial charge in [-0.15, -0.1) is 10.2 Å². The predicted molar refractivity (Wildman–Crippen MR) is 112 cm³/mol. The third-order valence-electron chi connectivity index (χ3n) is 5.06. The van der Waals surface area contributed by atoms with E-state index in [2.05, 4.69) is 20.6 Å². The molecule has 1 saturated carbocycles. The molecule has 1 amide bonds. The van der Waals surface area contributed by atoms with Gasteiger partial charge in [0.05, 0.1) is 22.0 Å². The summed E-state index contributed by atoms with van der Waals surface area (Å²) in [6, 6.07) is 7.31. The molecule has 2 heterocycles. The number of aromatic nitrogens is 4. The first-order valence-electron chi connectivity index (χ1n) is 9.49. The van der Waals surface area contributed by atoms with Crippen molar-refractivity contribution in [1.29, 1.82) is 0 Å². The van der Waals surface area contributed by atoms with Crippen LogP contribution in [0.4, 0.5) is 5.13 Å². The Morgan fingerprint density at radius 1 is 1.18 bits per heavy atom. The van der Waals surface area contributed by atoms with E-state index in [0.29, 0.717) is 21.6 Å². The second-order valence-corrected chi connectivity index (χ2v) is 8.65. The molecule has 1 aliphatic carbocycles. The molecule has 1 aromatic carbocycles. The van der Waals surface area contributed by atoms with Crippen LogP contribution in [0.15, 0.2) is 24.3 Å². The molecule has 0 radical (unpaired) electrons. The maximum absolute atomic E-state index is 12.8. The van der Waals surface area contributed by atoms with Gasteiger partial charge in [0, 0.05) is 11.6 Å². The summed E-state index contributed by atoms with van der Waals surface area (Å²) in [6.07, 6.45) is 6.07. The van der Waals surface area contributed by atoms with Gasteiger partial charge in [-0.1, -0.05) is 42.2 Å². The number of nitrogens with one attached hydrogen (secondary N) is 1. The molecule has 0 aliphatic heterocycles. The first kappa shape index (κ1) is 19.1. The van der Waals surface area contributed by atoms with Gasteiger partial charge in [0.25, 0.3) is 5.91 Å². The van der Waals surface area contributed by atoms with Crippen LogP contribution in [-0.2, 0) is 0 Å². The molecule has 0 saturated heterocycles. The molecule has 1 fully saturated rings. The Labute approximate surface area is 172 Å². The highest BCUT2D eigenvalue weighted by atomic mass is 35.5. The minimum atomic E-state index is -0.292. The quantitative estimate of drug-likeness (QED) is 0.627. The molecule has 0 bridgehead atoms. The van der Waals surface area contributed by atoms with E-state index < -0.39 is 0 Å². The van der Waals surface area contributed by atoms with Gasteiger partial charge < -0.3 is 0 Å². The van der Waals surface area contributed by atoms with Crippen LogP contribution >= 0.6 is 22.9 Å². The van der Waals surface area contributed by atoms with Gasteiger partial charge in [0.1, 0.15) is 5.01 Å². The largest absolute Gasteiger partial charge is 0.296 e. The van der Waals surface area contributed by atoms with Crippen molar-refractivity contribution in [3.63, 3.8) is 0 Å². The van der Waals surface area contributed by atoms with E-state index in [1.54, 1.807) is 16.8 Å². The van der Waals surface area contributed by atoms with Gasteiger partial charge in [0.15, 0.2) is 0 Å². The summed E-state index contributed by atoms with van der Waals surface area (Å²) >= 11 is 7.75. The fraction of sp³-hybridized carbons (Fsp3) is 0.400. The maximum atomic E-state index is 12.8. The number of anilines is 1. The van der Waals surface area contributed by atoms with E-state index in [1.807, 2.05) is 26.0 Å². The maximum Gasteiger partial charge on any atom is 0.259 e. The number of halogens is 1. The smallest absolute Gasteiger partial charge is 0.259 e. The summed E-state index contributed by atoms with van der Waals surface area (Å²) in [5, 5.41) is 17.7. The number of carbonyl (C=O) groups is 1. The van der Waals surface area contributed by atoms with Crippen LogP contribution < -0.4 is 5.32 Å². The Kier molecular flexibility index (Phi) is 5.46. The average molecular weight is 416 g/mol. The van der Waals surface area contributed by atoms with Crippen LogP contribution in [0.3, 0.4) is 0 Å². The molecule has 3 aromatic rings. The van der Waals surface area contributed by atoms with Crippen LogP contribution in [0.1, 0.15) is 64.8 Å². The van der Waals surface area contributed by atoms with E-state index in [0.717, 1.165) is 34.9 Å². The molecule has 146 valence electrons. The zero-order valence-electron chi connectivity index (χ0n) is 15.9. The summed E-state index contributed by atoms with van der Waals surface area (Å²) in [5.41, 5.74) is 3.09. The van der Waals surface area contributed by atoms with E-state index in [-0.39, 0.29) is 5.91 Å². The third kappa shape index (κ3) is 3.95. The molecule has 6 nitrogen and oxygen atoms in total. The van der Waals surface area contributed by atoms with Crippen molar-refractivity contribution >= 4 is 34.0 Å². The molecule has 4 rings (SSSR count). The molecule has 1 aliphatic rings. The topological polar surface area (TPSA) is 72.7 Å². The Morgan fingerprint density at radius 2 is 1.96 bits per heavy atom. The van der Waals surface area contributed by atoms with Crippen molar-refractivity contribution in [2.45, 2.75) is 51.9 Å². The Bertz CT molecular complexity index is 1010. The minimum absolute atomic E-state index is 0.292. The highest BCUT2D eigenvalue weighted by Crippen LogP contribution is 2.35. The highest BCUT2D eigenvalue weighted by molar-refractivity contribution is 7.15. The standard InChI is InChI=1S/C20H22ClN5OS/c1-12-10-13(2)26(25-12)15-8-9-17(21)16(11-15)18(27)22-20-24-23-19(28-20)14-6-4-3-5-7-14/h8-11,14H,3-7H2,1-2H3,(H,22,24,27). The molecule has 1 N–H and O–H groups in total. The lowest BCUT2D eigenvalue weighted by molar-refractivity contribution is 0.102. The minimum Gasteiger partial charge on any atom is -0.296 e. The average Bonchev–Trinajstić information content (AvgIpc) is 3.29. The summed E-state index contributed by atoms with van der Waals surface area (Å²) in [5.74, 6) is 0.176. The molecule has 28 heavy (non-hydrogen) atoms. The fourth-order valence-electron chi connectivity index (χ4n) is 3.67. The van der Waals surface area contributed by atoms with Crippen LogP contribution in [0.25, 0.3) is 5.69 Å². The van der Waals surface area contributed by atoms with Crippen molar-refractivity contribution in [2.24, 2.45) is 0 Å². The highest BCUT2D eigenvalue weighted by Gasteiger charge is 2.21. The molecular formula is C20H22ClN5OS. The number of carbonyl (C=O) groups excluding carboxylic acids is 1. The van der Waals surface area contributed by atoms with Gasteiger partial charge in [0.2, 0.25) is 5.13 Å². The summed E-state index contributed by atoms with van der Waals surface area (Å²) in [4.78, 5) is 12.8. The summed E-state index contributed by atoms with van der Waals surface area (Å²) in [7, 11) is 0. The predicted octanol–water partition coefficient (Wildman–Crippen LogP) is 5.29. The van der Waals surface area contributed by atoms with E-state index in [9.17, 15) is 4.79 Å². The molecule has 8 heteroatoms. The zero-order valence-corrected chi connectivity index (χ0v) is 17.5. The molecule has 2 aromatic heterocycles.